The number of carboxylic acids is 1. The number of aromatic nitrogens is 3. The molecule has 1 aromatic carbocycles. The number of hydrogen-bond donors (Lipinski definition) is 2. The lowest BCUT2D eigenvalue weighted by Gasteiger charge is -2.17. The summed E-state index contributed by atoms with van der Waals surface area (Å²) in [6, 6.07) is 9.10. The fourth-order valence-corrected chi connectivity index (χ4v) is 3.04. The maximum Gasteiger partial charge on any atom is 0.337 e. The van der Waals surface area contributed by atoms with Crippen LogP contribution in [-0.2, 0) is 6.54 Å². The lowest BCUT2D eigenvalue weighted by Crippen LogP contribution is -2.28. The van der Waals surface area contributed by atoms with Gasteiger partial charge in [0.25, 0.3) is 5.56 Å². The van der Waals surface area contributed by atoms with Gasteiger partial charge in [-0.1, -0.05) is 30.3 Å². The highest BCUT2D eigenvalue weighted by molar-refractivity contribution is 6.05. The Labute approximate surface area is 166 Å². The Morgan fingerprint density at radius 3 is 2.45 bits per heavy atom. The first-order chi connectivity index (χ1) is 13.8. The molecule has 2 N–H and O–H groups in total. The largest absolute Gasteiger partial charge is 0.478 e. The molecule has 0 atom stereocenters. The van der Waals surface area contributed by atoms with Crippen molar-refractivity contribution >= 4 is 23.1 Å². The van der Waals surface area contributed by atoms with Gasteiger partial charge in [-0.05, 0) is 26.3 Å². The van der Waals surface area contributed by atoms with Crippen molar-refractivity contribution in [1.29, 1.82) is 0 Å². The maximum absolute atomic E-state index is 13.0. The number of carboxylic acid groups (broad SMARTS) is 1. The number of hydrogen-bond acceptors (Lipinski definition) is 6. The third-order valence-electron chi connectivity index (χ3n) is 4.56. The van der Waals surface area contributed by atoms with Gasteiger partial charge in [0.1, 0.15) is 11.4 Å². The molecule has 0 fully saturated rings. The second-order valence-corrected chi connectivity index (χ2v) is 6.43. The number of pyridine rings is 1. The van der Waals surface area contributed by atoms with Crippen LogP contribution in [0.15, 0.2) is 47.5 Å². The summed E-state index contributed by atoms with van der Waals surface area (Å²) >= 11 is 0. The standard InChI is InChI=1S/C21H20N4O4/c1-4-25-20(27)19(23-16-11-22-10-15(12(16)2)21(28)29)17(13(3)26)18(24-25)14-8-6-5-7-9-14/h5-11,23H,4H2,1-3H3,(H,28,29). The Morgan fingerprint density at radius 1 is 1.17 bits per heavy atom. The zero-order valence-corrected chi connectivity index (χ0v) is 16.3. The number of carbonyl (C=O) groups excluding carboxylic acids is 1. The van der Waals surface area contributed by atoms with E-state index in [9.17, 15) is 19.5 Å². The minimum atomic E-state index is -1.13. The van der Waals surface area contributed by atoms with Crippen LogP contribution in [0.4, 0.5) is 11.4 Å². The Balaban J connectivity index is 2.29. The van der Waals surface area contributed by atoms with Crippen LogP contribution in [0, 0.1) is 6.92 Å². The predicted molar refractivity (Wildman–Crippen MR) is 109 cm³/mol. The quantitative estimate of drug-likeness (QED) is 0.619. The van der Waals surface area contributed by atoms with E-state index in [1.807, 2.05) is 18.2 Å². The van der Waals surface area contributed by atoms with Crippen LogP contribution in [0.25, 0.3) is 11.3 Å². The van der Waals surface area contributed by atoms with Gasteiger partial charge in [0.15, 0.2) is 5.78 Å². The summed E-state index contributed by atoms with van der Waals surface area (Å²) in [5.41, 5.74) is 1.52. The van der Waals surface area contributed by atoms with Gasteiger partial charge in [0.2, 0.25) is 0 Å². The molecule has 0 aliphatic heterocycles. The number of nitrogens with zero attached hydrogens (tertiary/aromatic N) is 3. The molecule has 0 spiro atoms. The molecule has 2 aromatic heterocycles. The molecule has 148 valence electrons. The van der Waals surface area contributed by atoms with Crippen molar-refractivity contribution in [2.24, 2.45) is 0 Å². The van der Waals surface area contributed by atoms with Gasteiger partial charge in [0, 0.05) is 18.3 Å². The van der Waals surface area contributed by atoms with E-state index < -0.39 is 11.5 Å². The molecular weight excluding hydrogens is 372 g/mol. The average Bonchev–Trinajstić information content (AvgIpc) is 2.70. The van der Waals surface area contributed by atoms with Crippen molar-refractivity contribution in [2.45, 2.75) is 27.3 Å². The minimum absolute atomic E-state index is 0.00697. The number of anilines is 2. The lowest BCUT2D eigenvalue weighted by atomic mass is 10.0. The zero-order chi connectivity index (χ0) is 21.1. The van der Waals surface area contributed by atoms with E-state index in [0.717, 1.165) is 0 Å². The highest BCUT2D eigenvalue weighted by Gasteiger charge is 2.23. The summed E-state index contributed by atoms with van der Waals surface area (Å²) in [7, 11) is 0. The SMILES string of the molecule is CCn1nc(-c2ccccc2)c(C(C)=O)c(Nc2cncc(C(=O)O)c2C)c1=O. The zero-order valence-electron chi connectivity index (χ0n) is 16.3. The van der Waals surface area contributed by atoms with Crippen LogP contribution in [0.1, 0.15) is 40.1 Å². The Kier molecular flexibility index (Phi) is 5.54. The van der Waals surface area contributed by atoms with E-state index in [1.165, 1.54) is 24.0 Å². The Hall–Kier alpha value is -3.81. The molecule has 8 nitrogen and oxygen atoms in total. The van der Waals surface area contributed by atoms with E-state index in [0.29, 0.717) is 29.1 Å². The van der Waals surface area contributed by atoms with Crippen LogP contribution >= 0.6 is 0 Å². The number of nitrogens with one attached hydrogen (secondary N) is 1. The van der Waals surface area contributed by atoms with Gasteiger partial charge in [0.05, 0.1) is 23.0 Å². The average molecular weight is 392 g/mol. The van der Waals surface area contributed by atoms with Crippen LogP contribution in [0.2, 0.25) is 0 Å². The normalized spacial score (nSPS) is 10.6. The van der Waals surface area contributed by atoms with Crippen molar-refractivity contribution in [2.75, 3.05) is 5.32 Å². The molecule has 0 unspecified atom stereocenters. The molecule has 0 aliphatic rings. The predicted octanol–water partition coefficient (Wildman–Crippen LogP) is 3.28. The molecule has 8 heteroatoms. The first-order valence-corrected chi connectivity index (χ1v) is 9.01. The third kappa shape index (κ3) is 3.77. The van der Waals surface area contributed by atoms with Crippen molar-refractivity contribution in [3.8, 4) is 11.3 Å². The van der Waals surface area contributed by atoms with Crippen LogP contribution in [0.5, 0.6) is 0 Å². The van der Waals surface area contributed by atoms with E-state index in [1.54, 1.807) is 26.0 Å². The van der Waals surface area contributed by atoms with Gasteiger partial charge in [-0.3, -0.25) is 14.6 Å². The van der Waals surface area contributed by atoms with Crippen molar-refractivity contribution < 1.29 is 14.7 Å². The molecule has 0 radical (unpaired) electrons. The molecule has 0 saturated heterocycles. The summed E-state index contributed by atoms with van der Waals surface area (Å²) in [4.78, 5) is 40.9. The van der Waals surface area contributed by atoms with Crippen molar-refractivity contribution in [1.82, 2.24) is 14.8 Å². The number of aromatic carboxylic acids is 1. The van der Waals surface area contributed by atoms with Gasteiger partial charge in [-0.15, -0.1) is 0 Å². The van der Waals surface area contributed by atoms with E-state index in [4.69, 9.17) is 0 Å². The number of benzene rings is 1. The van der Waals surface area contributed by atoms with Gasteiger partial charge in [-0.2, -0.15) is 5.10 Å². The summed E-state index contributed by atoms with van der Waals surface area (Å²) in [5, 5.41) is 16.7. The summed E-state index contributed by atoms with van der Waals surface area (Å²) in [5.74, 6) is -1.46. The first kappa shape index (κ1) is 19.9. The highest BCUT2D eigenvalue weighted by Crippen LogP contribution is 2.29. The van der Waals surface area contributed by atoms with Crippen LogP contribution in [-0.4, -0.2) is 31.6 Å². The molecule has 3 aromatic rings. The van der Waals surface area contributed by atoms with Crippen molar-refractivity contribution in [3.05, 3.63) is 69.8 Å². The monoisotopic (exact) mass is 392 g/mol. The Bertz CT molecular complexity index is 1150. The number of carbonyl (C=O) groups is 2. The molecule has 0 saturated carbocycles. The molecule has 2 heterocycles. The molecule has 0 bridgehead atoms. The second-order valence-electron chi connectivity index (χ2n) is 6.43. The fraction of sp³-hybridized carbons (Fsp3) is 0.190. The maximum atomic E-state index is 13.0. The van der Waals surface area contributed by atoms with Crippen LogP contribution in [0.3, 0.4) is 0 Å². The smallest absolute Gasteiger partial charge is 0.337 e. The van der Waals surface area contributed by atoms with Crippen LogP contribution < -0.4 is 10.9 Å². The molecule has 3 rings (SSSR count). The number of Topliss-reactive ketones (excluding diaryl/α,β-unsaturated/α-hetero) is 1. The van der Waals surface area contributed by atoms with Gasteiger partial charge >= 0.3 is 5.97 Å². The number of rotatable bonds is 6. The number of aryl methyl sites for hydroxylation is 1. The van der Waals surface area contributed by atoms with Gasteiger partial charge < -0.3 is 10.4 Å². The first-order valence-electron chi connectivity index (χ1n) is 9.01. The van der Waals surface area contributed by atoms with E-state index >= 15 is 0 Å². The van der Waals surface area contributed by atoms with Crippen molar-refractivity contribution in [3.63, 3.8) is 0 Å². The molecule has 0 aliphatic carbocycles. The topological polar surface area (TPSA) is 114 Å². The van der Waals surface area contributed by atoms with Gasteiger partial charge in [-0.25, -0.2) is 9.48 Å². The summed E-state index contributed by atoms with van der Waals surface area (Å²) in [6.45, 7) is 5.05. The summed E-state index contributed by atoms with van der Waals surface area (Å²) in [6.07, 6.45) is 2.66. The molecule has 0 amide bonds. The fourth-order valence-electron chi connectivity index (χ4n) is 3.04. The minimum Gasteiger partial charge on any atom is -0.478 e. The second kappa shape index (κ2) is 8.05. The van der Waals surface area contributed by atoms with E-state index in [2.05, 4.69) is 15.4 Å². The number of ketones is 1. The molecular formula is C21H20N4O4. The Morgan fingerprint density at radius 2 is 1.86 bits per heavy atom. The van der Waals surface area contributed by atoms with E-state index in [-0.39, 0.29) is 22.6 Å². The summed E-state index contributed by atoms with van der Waals surface area (Å²) < 4.78 is 1.26. The highest BCUT2D eigenvalue weighted by atomic mass is 16.4. The molecule has 29 heavy (non-hydrogen) atoms. The third-order valence-corrected chi connectivity index (χ3v) is 4.56. The lowest BCUT2D eigenvalue weighted by molar-refractivity contribution is 0.0695.